The van der Waals surface area contributed by atoms with Gasteiger partial charge >= 0.3 is 5.97 Å². The lowest BCUT2D eigenvalue weighted by molar-refractivity contribution is -0.172. The van der Waals surface area contributed by atoms with Gasteiger partial charge in [0, 0.05) is 16.5 Å². The molecule has 0 spiro atoms. The van der Waals surface area contributed by atoms with Crippen LogP contribution >= 0.6 is 0 Å². The van der Waals surface area contributed by atoms with Crippen LogP contribution in [0, 0.1) is 0 Å². The summed E-state index contributed by atoms with van der Waals surface area (Å²) in [5, 5.41) is 11.8. The van der Waals surface area contributed by atoms with E-state index in [0.29, 0.717) is 34.8 Å². The number of rotatable bonds is 2. The standard InChI is InChI=1S/C21H18N2O5/c1-3-21(26)14-8-16-17-12(9-23(16)19(24)13(14)10-28-20(21)25)18(27-2)11-6-4-5-7-15(11)22-17/h4-8,26H,3,9-10H2,1-2H3/t21-/m0/s1. The zero-order valence-corrected chi connectivity index (χ0v) is 15.5. The van der Waals surface area contributed by atoms with Gasteiger partial charge in [-0.15, -0.1) is 0 Å². The third-order valence-electron chi connectivity index (χ3n) is 5.75. The molecule has 28 heavy (non-hydrogen) atoms. The molecule has 2 aliphatic heterocycles. The van der Waals surface area contributed by atoms with Crippen molar-refractivity contribution in [3.8, 4) is 17.1 Å². The quantitative estimate of drug-likeness (QED) is 0.537. The van der Waals surface area contributed by atoms with Crippen LogP contribution in [-0.2, 0) is 28.3 Å². The Morgan fingerprint density at radius 1 is 1.29 bits per heavy atom. The van der Waals surface area contributed by atoms with Crippen LogP contribution in [0.3, 0.4) is 0 Å². The molecule has 0 fully saturated rings. The number of para-hydroxylation sites is 1. The van der Waals surface area contributed by atoms with Crippen LogP contribution in [0.5, 0.6) is 5.75 Å². The maximum atomic E-state index is 13.2. The number of nitrogens with zero attached hydrogens (tertiary/aromatic N) is 2. The minimum absolute atomic E-state index is 0.114. The molecular weight excluding hydrogens is 360 g/mol. The molecule has 7 nitrogen and oxygen atoms in total. The first-order chi connectivity index (χ1) is 13.5. The number of cyclic esters (lactones) is 1. The largest absolute Gasteiger partial charge is 0.496 e. The molecule has 1 N–H and O–H groups in total. The molecule has 0 amide bonds. The number of methoxy groups -OCH3 is 1. The van der Waals surface area contributed by atoms with Gasteiger partial charge in [-0.25, -0.2) is 9.78 Å². The van der Waals surface area contributed by atoms with Crippen LogP contribution in [0.15, 0.2) is 35.1 Å². The highest BCUT2D eigenvalue weighted by Crippen LogP contribution is 2.42. The number of benzene rings is 1. The normalized spacial score (nSPS) is 19.8. The monoisotopic (exact) mass is 378 g/mol. The lowest BCUT2D eigenvalue weighted by atomic mass is 9.86. The second-order valence-electron chi connectivity index (χ2n) is 7.09. The molecule has 0 bridgehead atoms. The predicted molar refractivity (Wildman–Crippen MR) is 101 cm³/mol. The zero-order chi connectivity index (χ0) is 19.6. The fourth-order valence-electron chi connectivity index (χ4n) is 4.22. The number of esters is 1. The Balaban J connectivity index is 1.84. The Morgan fingerprint density at radius 3 is 2.82 bits per heavy atom. The van der Waals surface area contributed by atoms with Crippen molar-refractivity contribution in [3.63, 3.8) is 0 Å². The number of carbonyl (C=O) groups is 1. The topological polar surface area (TPSA) is 90.7 Å². The second-order valence-corrected chi connectivity index (χ2v) is 7.09. The second kappa shape index (κ2) is 5.65. The van der Waals surface area contributed by atoms with Gasteiger partial charge in [0.25, 0.3) is 5.56 Å². The Hall–Kier alpha value is -3.19. The first-order valence-corrected chi connectivity index (χ1v) is 9.12. The van der Waals surface area contributed by atoms with Gasteiger partial charge in [0.05, 0.1) is 36.1 Å². The van der Waals surface area contributed by atoms with Crippen molar-refractivity contribution in [2.45, 2.75) is 32.1 Å². The number of ether oxygens (including phenoxy) is 2. The summed E-state index contributed by atoms with van der Waals surface area (Å²) in [5.74, 6) is -0.0473. The molecule has 5 rings (SSSR count). The molecule has 2 aliphatic rings. The molecule has 0 saturated heterocycles. The van der Waals surface area contributed by atoms with Gasteiger partial charge in [-0.2, -0.15) is 0 Å². The van der Waals surface area contributed by atoms with Crippen LogP contribution in [0.4, 0.5) is 0 Å². The van der Waals surface area contributed by atoms with E-state index in [2.05, 4.69) is 0 Å². The summed E-state index contributed by atoms with van der Waals surface area (Å²) in [5.41, 5.74) is 1.28. The van der Waals surface area contributed by atoms with Crippen molar-refractivity contribution >= 4 is 16.9 Å². The van der Waals surface area contributed by atoms with E-state index in [9.17, 15) is 14.7 Å². The number of hydrogen-bond donors (Lipinski definition) is 1. The van der Waals surface area contributed by atoms with Crippen molar-refractivity contribution in [3.05, 3.63) is 57.4 Å². The minimum atomic E-state index is -1.83. The SMILES string of the molecule is CC[C@@]1(O)C(=O)OCc2c1cc1n(c2=O)Cc2c-1nc1ccccc1c2OC. The molecule has 1 aromatic carbocycles. The number of carbonyl (C=O) groups excluding carboxylic acids is 1. The van der Waals surface area contributed by atoms with E-state index in [1.54, 1.807) is 24.7 Å². The molecule has 0 aliphatic carbocycles. The molecule has 0 radical (unpaired) electrons. The van der Waals surface area contributed by atoms with Gasteiger partial charge in [-0.3, -0.25) is 4.79 Å². The van der Waals surface area contributed by atoms with Gasteiger partial charge in [-0.05, 0) is 24.6 Å². The fraction of sp³-hybridized carbons (Fsp3) is 0.286. The summed E-state index contributed by atoms with van der Waals surface area (Å²) in [4.78, 5) is 30.1. The predicted octanol–water partition coefficient (Wildman–Crippen LogP) is 2.09. The highest BCUT2D eigenvalue weighted by Gasteiger charge is 2.45. The van der Waals surface area contributed by atoms with Crippen LogP contribution in [-0.4, -0.2) is 27.7 Å². The number of pyridine rings is 2. The highest BCUT2D eigenvalue weighted by molar-refractivity contribution is 5.91. The van der Waals surface area contributed by atoms with Gasteiger partial charge in [0.2, 0.25) is 0 Å². The summed E-state index contributed by atoms with van der Waals surface area (Å²) in [7, 11) is 1.60. The summed E-state index contributed by atoms with van der Waals surface area (Å²) < 4.78 is 12.4. The Kier molecular flexibility index (Phi) is 3.42. The molecule has 0 unspecified atom stereocenters. The number of hydrogen-bond acceptors (Lipinski definition) is 6. The van der Waals surface area contributed by atoms with Crippen LogP contribution in [0.1, 0.15) is 30.0 Å². The maximum Gasteiger partial charge on any atom is 0.343 e. The lowest BCUT2D eigenvalue weighted by Crippen LogP contribution is -2.44. The molecule has 4 heterocycles. The van der Waals surface area contributed by atoms with E-state index in [1.165, 1.54) is 0 Å². The minimum Gasteiger partial charge on any atom is -0.496 e. The highest BCUT2D eigenvalue weighted by atomic mass is 16.6. The van der Waals surface area contributed by atoms with Gasteiger partial charge in [-0.1, -0.05) is 19.1 Å². The zero-order valence-electron chi connectivity index (χ0n) is 15.5. The van der Waals surface area contributed by atoms with E-state index >= 15 is 0 Å². The van der Waals surface area contributed by atoms with Crippen LogP contribution < -0.4 is 10.3 Å². The Bertz CT molecular complexity index is 1230. The van der Waals surface area contributed by atoms with Gasteiger partial charge in [0.15, 0.2) is 5.60 Å². The number of fused-ring (bicyclic) bond motifs is 5. The summed E-state index contributed by atoms with van der Waals surface area (Å²) in [6.07, 6.45) is 0.114. The Morgan fingerprint density at radius 2 is 2.07 bits per heavy atom. The first-order valence-electron chi connectivity index (χ1n) is 9.12. The van der Waals surface area contributed by atoms with Crippen molar-refractivity contribution < 1.29 is 19.4 Å². The van der Waals surface area contributed by atoms with Crippen molar-refractivity contribution in [1.82, 2.24) is 9.55 Å². The fourth-order valence-corrected chi connectivity index (χ4v) is 4.22. The van der Waals surface area contributed by atoms with E-state index < -0.39 is 11.6 Å². The van der Waals surface area contributed by atoms with E-state index in [4.69, 9.17) is 14.5 Å². The molecule has 2 aromatic heterocycles. The van der Waals surface area contributed by atoms with E-state index in [1.807, 2.05) is 24.3 Å². The van der Waals surface area contributed by atoms with Crippen molar-refractivity contribution in [2.75, 3.05) is 7.11 Å². The Labute approximate surface area is 160 Å². The van der Waals surface area contributed by atoms with Gasteiger partial charge < -0.3 is 19.1 Å². The number of aromatic nitrogens is 2. The van der Waals surface area contributed by atoms with Gasteiger partial charge in [0.1, 0.15) is 12.4 Å². The third-order valence-corrected chi connectivity index (χ3v) is 5.75. The molecule has 3 aromatic rings. The van der Waals surface area contributed by atoms with E-state index in [0.717, 1.165) is 16.5 Å². The molecular formula is C21H18N2O5. The molecule has 142 valence electrons. The average molecular weight is 378 g/mol. The molecule has 7 heteroatoms. The van der Waals surface area contributed by atoms with E-state index in [-0.39, 0.29) is 18.6 Å². The maximum absolute atomic E-state index is 13.2. The first kappa shape index (κ1) is 16.9. The summed E-state index contributed by atoms with van der Waals surface area (Å²) in [6.45, 7) is 1.86. The van der Waals surface area contributed by atoms with Crippen molar-refractivity contribution in [2.24, 2.45) is 0 Å². The lowest BCUT2D eigenvalue weighted by Gasteiger charge is -2.31. The molecule has 1 atom stereocenters. The third kappa shape index (κ3) is 1.99. The molecule has 0 saturated carbocycles. The summed E-state index contributed by atoms with van der Waals surface area (Å²) >= 11 is 0. The smallest absolute Gasteiger partial charge is 0.343 e. The average Bonchev–Trinajstić information content (AvgIpc) is 3.08. The van der Waals surface area contributed by atoms with Crippen molar-refractivity contribution in [1.29, 1.82) is 0 Å². The van der Waals surface area contributed by atoms with Crippen LogP contribution in [0.2, 0.25) is 0 Å². The van der Waals surface area contributed by atoms with Crippen LogP contribution in [0.25, 0.3) is 22.3 Å². The number of aliphatic hydroxyl groups is 1. The summed E-state index contributed by atoms with van der Waals surface area (Å²) in [6, 6.07) is 9.32.